The van der Waals surface area contributed by atoms with E-state index in [0.29, 0.717) is 16.8 Å². The molecule has 0 aliphatic rings. The minimum Gasteiger partial charge on any atom is -0.398 e. The van der Waals surface area contributed by atoms with Crippen molar-refractivity contribution in [3.05, 3.63) is 58.9 Å². The van der Waals surface area contributed by atoms with Crippen LogP contribution in [-0.4, -0.2) is 5.91 Å². The van der Waals surface area contributed by atoms with E-state index in [1.807, 2.05) is 13.0 Å². The van der Waals surface area contributed by atoms with Crippen LogP contribution in [0.2, 0.25) is 0 Å². The molecule has 0 heterocycles. The highest BCUT2D eigenvalue weighted by molar-refractivity contribution is 6.08. The molecule has 2 aromatic carbocycles. The summed E-state index contributed by atoms with van der Waals surface area (Å²) in [4.78, 5) is 12.1. The highest BCUT2D eigenvalue weighted by Crippen LogP contribution is 2.22. The fourth-order valence-electron chi connectivity index (χ4n) is 1.85. The van der Waals surface area contributed by atoms with Crippen LogP contribution >= 0.6 is 0 Å². The van der Waals surface area contributed by atoms with Crippen LogP contribution in [0.25, 0.3) is 0 Å². The number of hydrogen-bond donors (Lipinski definition) is 2. The molecule has 2 aromatic rings. The van der Waals surface area contributed by atoms with Crippen LogP contribution in [0.3, 0.4) is 0 Å². The molecule has 2 rings (SSSR count). The normalized spacial score (nSPS) is 10.3. The van der Waals surface area contributed by atoms with Crippen molar-refractivity contribution < 1.29 is 9.18 Å². The summed E-state index contributed by atoms with van der Waals surface area (Å²) in [6, 6.07) is 9.82. The first-order chi connectivity index (χ1) is 9.00. The second-order valence-corrected chi connectivity index (χ2v) is 4.42. The first-order valence-electron chi connectivity index (χ1n) is 5.92. The van der Waals surface area contributed by atoms with Gasteiger partial charge in [-0.1, -0.05) is 24.3 Å². The number of carbonyl (C=O) groups excluding carboxylic acids is 1. The molecule has 0 aromatic heterocycles. The average molecular weight is 258 g/mol. The van der Waals surface area contributed by atoms with Gasteiger partial charge in [-0.2, -0.15) is 0 Å². The maximum absolute atomic E-state index is 13.7. The number of rotatable bonds is 2. The Morgan fingerprint density at radius 3 is 2.42 bits per heavy atom. The maximum atomic E-state index is 13.7. The summed E-state index contributed by atoms with van der Waals surface area (Å²) in [6.45, 7) is 3.55. The van der Waals surface area contributed by atoms with Gasteiger partial charge in [-0.3, -0.25) is 4.79 Å². The van der Waals surface area contributed by atoms with Gasteiger partial charge in [0.25, 0.3) is 5.91 Å². The Hall–Kier alpha value is -2.36. The molecule has 0 saturated carbocycles. The van der Waals surface area contributed by atoms with Gasteiger partial charge in [0.15, 0.2) is 0 Å². The van der Waals surface area contributed by atoms with Crippen LogP contribution in [-0.2, 0) is 0 Å². The van der Waals surface area contributed by atoms with Crippen LogP contribution in [0, 0.1) is 19.7 Å². The molecule has 0 spiro atoms. The van der Waals surface area contributed by atoms with E-state index in [1.165, 1.54) is 6.07 Å². The Morgan fingerprint density at radius 1 is 1.11 bits per heavy atom. The Balaban J connectivity index is 2.34. The van der Waals surface area contributed by atoms with Crippen LogP contribution in [0.1, 0.15) is 21.5 Å². The summed E-state index contributed by atoms with van der Waals surface area (Å²) in [7, 11) is 0. The fourth-order valence-corrected chi connectivity index (χ4v) is 1.85. The van der Waals surface area contributed by atoms with Crippen LogP contribution in [0.4, 0.5) is 15.8 Å². The van der Waals surface area contributed by atoms with E-state index < -0.39 is 11.7 Å². The third-order valence-corrected chi connectivity index (χ3v) is 3.03. The minimum absolute atomic E-state index is 0.188. The van der Waals surface area contributed by atoms with E-state index in [4.69, 9.17) is 5.73 Å². The molecule has 4 heteroatoms. The molecule has 0 bridgehead atoms. The molecular weight excluding hydrogens is 243 g/mol. The zero-order chi connectivity index (χ0) is 14.0. The standard InChI is InChI=1S/C15H15FN2O/c1-9-5-3-7-11(13(9)17)15(19)18-14-10(2)6-4-8-12(14)16/h3-8H,17H2,1-2H3,(H,18,19). The summed E-state index contributed by atoms with van der Waals surface area (Å²) in [5.74, 6) is -0.867. The predicted molar refractivity (Wildman–Crippen MR) is 74.7 cm³/mol. The lowest BCUT2D eigenvalue weighted by molar-refractivity contribution is 0.102. The smallest absolute Gasteiger partial charge is 0.257 e. The quantitative estimate of drug-likeness (QED) is 0.812. The van der Waals surface area contributed by atoms with Crippen molar-refractivity contribution >= 4 is 17.3 Å². The lowest BCUT2D eigenvalue weighted by Crippen LogP contribution is -2.16. The van der Waals surface area contributed by atoms with Crippen molar-refractivity contribution in [1.82, 2.24) is 0 Å². The van der Waals surface area contributed by atoms with E-state index in [2.05, 4.69) is 5.32 Å². The Bertz CT molecular complexity index is 618. The van der Waals surface area contributed by atoms with E-state index in [-0.39, 0.29) is 5.69 Å². The molecule has 0 unspecified atom stereocenters. The van der Waals surface area contributed by atoms with Crippen molar-refractivity contribution in [2.45, 2.75) is 13.8 Å². The molecule has 0 atom stereocenters. The number of amides is 1. The predicted octanol–water partition coefficient (Wildman–Crippen LogP) is 3.28. The summed E-state index contributed by atoms with van der Waals surface area (Å²) in [5, 5.41) is 2.57. The maximum Gasteiger partial charge on any atom is 0.257 e. The fraction of sp³-hybridized carbons (Fsp3) is 0.133. The Morgan fingerprint density at radius 2 is 1.74 bits per heavy atom. The number of hydrogen-bond acceptors (Lipinski definition) is 2. The van der Waals surface area contributed by atoms with Crippen LogP contribution in [0.15, 0.2) is 36.4 Å². The lowest BCUT2D eigenvalue weighted by atomic mass is 10.1. The number of aryl methyl sites for hydroxylation is 2. The number of carbonyl (C=O) groups is 1. The first-order valence-corrected chi connectivity index (χ1v) is 5.92. The van der Waals surface area contributed by atoms with Gasteiger partial charge in [0.05, 0.1) is 11.3 Å². The van der Waals surface area contributed by atoms with Crippen molar-refractivity contribution in [3.63, 3.8) is 0 Å². The number of nitrogen functional groups attached to an aromatic ring is 1. The number of para-hydroxylation sites is 2. The molecule has 3 nitrogen and oxygen atoms in total. The first kappa shape index (κ1) is 13.1. The molecular formula is C15H15FN2O. The van der Waals surface area contributed by atoms with E-state index in [1.54, 1.807) is 31.2 Å². The van der Waals surface area contributed by atoms with Gasteiger partial charge < -0.3 is 11.1 Å². The molecule has 0 fully saturated rings. The Labute approximate surface area is 111 Å². The molecule has 0 saturated heterocycles. The SMILES string of the molecule is Cc1cccc(C(=O)Nc2c(C)cccc2F)c1N. The molecule has 0 aliphatic carbocycles. The minimum atomic E-state index is -0.459. The lowest BCUT2D eigenvalue weighted by Gasteiger charge is -2.11. The Kier molecular flexibility index (Phi) is 3.51. The van der Waals surface area contributed by atoms with Gasteiger partial charge in [0.1, 0.15) is 5.82 Å². The largest absolute Gasteiger partial charge is 0.398 e. The number of benzene rings is 2. The molecule has 0 aliphatic heterocycles. The van der Waals surface area contributed by atoms with Gasteiger partial charge in [0, 0.05) is 5.69 Å². The van der Waals surface area contributed by atoms with Crippen LogP contribution in [0.5, 0.6) is 0 Å². The second kappa shape index (κ2) is 5.10. The van der Waals surface area contributed by atoms with E-state index >= 15 is 0 Å². The van der Waals surface area contributed by atoms with Gasteiger partial charge in [0.2, 0.25) is 0 Å². The number of nitrogens with one attached hydrogen (secondary N) is 1. The van der Waals surface area contributed by atoms with Crippen LogP contribution < -0.4 is 11.1 Å². The highest BCUT2D eigenvalue weighted by Gasteiger charge is 2.14. The van der Waals surface area contributed by atoms with Gasteiger partial charge in [-0.05, 0) is 37.1 Å². The average Bonchev–Trinajstić information content (AvgIpc) is 2.37. The molecule has 1 amide bonds. The molecule has 98 valence electrons. The summed E-state index contributed by atoms with van der Waals surface area (Å²) < 4.78 is 13.7. The zero-order valence-corrected chi connectivity index (χ0v) is 10.8. The van der Waals surface area contributed by atoms with Crippen molar-refractivity contribution in [1.29, 1.82) is 0 Å². The van der Waals surface area contributed by atoms with Gasteiger partial charge in [-0.15, -0.1) is 0 Å². The molecule has 3 N–H and O–H groups in total. The third kappa shape index (κ3) is 2.57. The number of nitrogens with two attached hydrogens (primary N) is 1. The third-order valence-electron chi connectivity index (χ3n) is 3.03. The van der Waals surface area contributed by atoms with Crippen molar-refractivity contribution in [2.75, 3.05) is 11.1 Å². The second-order valence-electron chi connectivity index (χ2n) is 4.42. The number of anilines is 2. The van der Waals surface area contributed by atoms with Gasteiger partial charge in [-0.25, -0.2) is 4.39 Å². The molecule has 0 radical (unpaired) electrons. The van der Waals surface area contributed by atoms with Gasteiger partial charge >= 0.3 is 0 Å². The number of halogens is 1. The summed E-state index contributed by atoms with van der Waals surface area (Å²) in [5.41, 5.74) is 8.29. The molecule has 19 heavy (non-hydrogen) atoms. The van der Waals surface area contributed by atoms with Crippen molar-refractivity contribution in [2.24, 2.45) is 0 Å². The zero-order valence-electron chi connectivity index (χ0n) is 10.8. The van der Waals surface area contributed by atoms with Crippen molar-refractivity contribution in [3.8, 4) is 0 Å². The van der Waals surface area contributed by atoms with E-state index in [9.17, 15) is 9.18 Å². The topological polar surface area (TPSA) is 55.1 Å². The van der Waals surface area contributed by atoms with E-state index in [0.717, 1.165) is 5.56 Å². The summed E-state index contributed by atoms with van der Waals surface area (Å²) >= 11 is 0. The highest BCUT2D eigenvalue weighted by atomic mass is 19.1. The monoisotopic (exact) mass is 258 g/mol. The summed E-state index contributed by atoms with van der Waals surface area (Å²) in [6.07, 6.45) is 0.